The molecule has 4 nitrogen and oxygen atoms in total. The zero-order chi connectivity index (χ0) is 38.3. The van der Waals surface area contributed by atoms with Crippen LogP contribution in [-0.2, 0) is 5.41 Å². The average Bonchev–Trinajstić information content (AvgIpc) is 3.56. The van der Waals surface area contributed by atoms with Crippen LogP contribution in [0.1, 0.15) is 26.3 Å². The summed E-state index contributed by atoms with van der Waals surface area (Å²) < 4.78 is 16.3. The van der Waals surface area contributed by atoms with Gasteiger partial charge in [0.2, 0.25) is 0 Å². The van der Waals surface area contributed by atoms with Crippen LogP contribution in [0.2, 0.25) is 0 Å². The molecule has 5 heteroatoms. The fourth-order valence-electron chi connectivity index (χ4n) is 8.84. The van der Waals surface area contributed by atoms with Crippen LogP contribution in [0.15, 0.2) is 182 Å². The summed E-state index contributed by atoms with van der Waals surface area (Å²) >= 11 is 0. The van der Waals surface area contributed by atoms with Gasteiger partial charge in [0.15, 0.2) is 0 Å². The normalized spacial score (nSPS) is 12.7. The van der Waals surface area contributed by atoms with E-state index in [-0.39, 0.29) is 12.1 Å². The summed E-state index contributed by atoms with van der Waals surface area (Å²) in [5.41, 5.74) is 13.4. The Morgan fingerprint density at radius 2 is 1.04 bits per heavy atom. The van der Waals surface area contributed by atoms with Crippen LogP contribution in [0.3, 0.4) is 0 Å². The van der Waals surface area contributed by atoms with Crippen molar-refractivity contribution < 1.29 is 9.47 Å². The summed E-state index contributed by atoms with van der Waals surface area (Å²) in [5, 5.41) is 2.31. The first kappa shape index (κ1) is 33.4. The topological polar surface area (TPSA) is 26.6 Å². The molecule has 57 heavy (non-hydrogen) atoms. The van der Waals surface area contributed by atoms with Gasteiger partial charge >= 0.3 is 0 Å². The molecule has 0 radical (unpaired) electrons. The quantitative estimate of drug-likeness (QED) is 0.165. The molecule has 2 aliphatic heterocycles. The Labute approximate surface area is 333 Å². The lowest BCUT2D eigenvalue weighted by molar-refractivity contribution is 0.459. The van der Waals surface area contributed by atoms with Gasteiger partial charge in [-0.25, -0.2) is 0 Å². The van der Waals surface area contributed by atoms with Gasteiger partial charge < -0.3 is 18.9 Å². The second-order valence-electron chi connectivity index (χ2n) is 16.2. The molecular formula is C52H39BN2O2. The van der Waals surface area contributed by atoms with Crippen molar-refractivity contribution in [3.63, 3.8) is 0 Å². The Kier molecular flexibility index (Phi) is 7.49. The number of para-hydroxylation sites is 3. The summed E-state index contributed by atoms with van der Waals surface area (Å²) in [4.78, 5) is 2.33. The van der Waals surface area contributed by atoms with Gasteiger partial charge in [0.25, 0.3) is 6.71 Å². The summed E-state index contributed by atoms with van der Waals surface area (Å²) in [6, 6.07) is 65.1. The van der Waals surface area contributed by atoms with Crippen LogP contribution in [0, 0.1) is 0 Å². The molecule has 1 aromatic heterocycles. The predicted molar refractivity (Wildman–Crippen MR) is 237 cm³/mol. The Bertz CT molecular complexity index is 2950. The predicted octanol–water partition coefficient (Wildman–Crippen LogP) is 11.9. The molecule has 0 bridgehead atoms. The molecule has 0 amide bonds. The van der Waals surface area contributed by atoms with E-state index in [9.17, 15) is 0 Å². The van der Waals surface area contributed by atoms with Crippen molar-refractivity contribution in [1.29, 1.82) is 0 Å². The number of hydrogen-bond acceptors (Lipinski definition) is 3. The molecule has 11 rings (SSSR count). The van der Waals surface area contributed by atoms with Crippen molar-refractivity contribution in [2.24, 2.45) is 0 Å². The maximum atomic E-state index is 7.04. The molecule has 0 atom stereocenters. The molecule has 9 aromatic rings. The number of fused-ring (bicyclic) bond motifs is 7. The van der Waals surface area contributed by atoms with E-state index in [2.05, 4.69) is 212 Å². The highest BCUT2D eigenvalue weighted by Gasteiger charge is 2.42. The van der Waals surface area contributed by atoms with Crippen LogP contribution in [0.4, 0.5) is 17.1 Å². The number of ether oxygens (including phenoxy) is 2. The molecule has 0 spiro atoms. The number of anilines is 3. The standard InChI is InChI=1S/C52H39BN2O2/c1-52(2,3)36-29-49-51-50(30-36)57-48-32-42-41-26-25-40(54(37-18-10-5-11-19-37)38-20-12-6-13-21-38)31-45(41)55(39-22-14-7-15-23-39)46(42)33-44(48)53(51)43-28-35(24-27-47(43)56-49)34-16-8-4-9-17-34/h4-33H,1-3H3. The van der Waals surface area contributed by atoms with Gasteiger partial charge in [-0.3, -0.25) is 0 Å². The van der Waals surface area contributed by atoms with Gasteiger partial charge in [0.05, 0.1) is 11.0 Å². The zero-order valence-electron chi connectivity index (χ0n) is 32.1. The van der Waals surface area contributed by atoms with Gasteiger partial charge in [0, 0.05) is 39.0 Å². The lowest BCUT2D eigenvalue weighted by atomic mass is 9.34. The number of nitrogens with zero attached hydrogens (tertiary/aromatic N) is 2. The van der Waals surface area contributed by atoms with E-state index in [1.807, 2.05) is 0 Å². The molecule has 0 fully saturated rings. The monoisotopic (exact) mass is 734 g/mol. The molecule has 0 saturated carbocycles. The molecular weight excluding hydrogens is 695 g/mol. The molecule has 0 aliphatic carbocycles. The molecule has 0 saturated heterocycles. The lowest BCUT2D eigenvalue weighted by Gasteiger charge is -2.35. The maximum absolute atomic E-state index is 7.04. The largest absolute Gasteiger partial charge is 0.458 e. The van der Waals surface area contributed by atoms with Crippen LogP contribution >= 0.6 is 0 Å². The average molecular weight is 735 g/mol. The van der Waals surface area contributed by atoms with Crippen molar-refractivity contribution in [2.75, 3.05) is 4.90 Å². The highest BCUT2D eigenvalue weighted by molar-refractivity contribution is 6.98. The SMILES string of the molecule is CC(C)(C)c1cc2c3c(c1)Oc1cc4c5ccc(N(c6ccccc6)c6ccccc6)cc5n(-c5ccccc5)c4cc1B3c1cc(-c3ccccc3)ccc1O2. The van der Waals surface area contributed by atoms with Crippen molar-refractivity contribution >= 4 is 62.0 Å². The number of hydrogen-bond donors (Lipinski definition) is 0. The Hall–Kier alpha value is -6.98. The van der Waals surface area contributed by atoms with Gasteiger partial charge in [-0.05, 0) is 112 Å². The van der Waals surface area contributed by atoms with Crippen LogP contribution in [0.25, 0.3) is 38.6 Å². The van der Waals surface area contributed by atoms with Crippen molar-refractivity contribution in [2.45, 2.75) is 26.2 Å². The minimum Gasteiger partial charge on any atom is -0.458 e. The highest BCUT2D eigenvalue weighted by Crippen LogP contribution is 2.43. The molecule has 0 N–H and O–H groups in total. The minimum atomic E-state index is -0.0936. The first-order valence-electron chi connectivity index (χ1n) is 19.7. The third-order valence-electron chi connectivity index (χ3n) is 11.6. The van der Waals surface area contributed by atoms with Gasteiger partial charge in [0.1, 0.15) is 23.0 Å². The fraction of sp³-hybridized carbons (Fsp3) is 0.0769. The number of aromatic nitrogens is 1. The van der Waals surface area contributed by atoms with E-state index in [0.717, 1.165) is 84.1 Å². The highest BCUT2D eigenvalue weighted by atomic mass is 16.5. The lowest BCUT2D eigenvalue weighted by Crippen LogP contribution is -2.57. The van der Waals surface area contributed by atoms with Crippen LogP contribution in [-0.4, -0.2) is 11.3 Å². The summed E-state index contributed by atoms with van der Waals surface area (Å²) in [6.07, 6.45) is 0. The van der Waals surface area contributed by atoms with E-state index in [4.69, 9.17) is 9.47 Å². The summed E-state index contributed by atoms with van der Waals surface area (Å²) in [7, 11) is 0. The Morgan fingerprint density at radius 3 is 1.68 bits per heavy atom. The smallest absolute Gasteiger partial charge is 0.260 e. The number of rotatable bonds is 5. The van der Waals surface area contributed by atoms with Gasteiger partial charge in [-0.2, -0.15) is 0 Å². The van der Waals surface area contributed by atoms with E-state index >= 15 is 0 Å². The fourth-order valence-corrected chi connectivity index (χ4v) is 8.84. The van der Waals surface area contributed by atoms with Crippen LogP contribution < -0.4 is 30.8 Å². The Morgan fingerprint density at radius 1 is 0.456 bits per heavy atom. The van der Waals surface area contributed by atoms with Crippen molar-refractivity contribution in [3.05, 3.63) is 188 Å². The number of benzene rings is 8. The van der Waals surface area contributed by atoms with Gasteiger partial charge in [-0.15, -0.1) is 0 Å². The first-order chi connectivity index (χ1) is 27.9. The van der Waals surface area contributed by atoms with Crippen molar-refractivity contribution in [1.82, 2.24) is 4.57 Å². The van der Waals surface area contributed by atoms with E-state index in [0.29, 0.717) is 0 Å². The molecule has 272 valence electrons. The van der Waals surface area contributed by atoms with E-state index < -0.39 is 0 Å². The van der Waals surface area contributed by atoms with E-state index in [1.54, 1.807) is 0 Å². The third kappa shape index (κ3) is 5.45. The second kappa shape index (κ2) is 12.8. The molecule has 2 aliphatic rings. The first-order valence-corrected chi connectivity index (χ1v) is 19.7. The summed E-state index contributed by atoms with van der Waals surface area (Å²) in [5.74, 6) is 3.48. The third-order valence-corrected chi connectivity index (χ3v) is 11.6. The zero-order valence-corrected chi connectivity index (χ0v) is 32.1. The maximum Gasteiger partial charge on any atom is 0.260 e. The molecule has 3 heterocycles. The minimum absolute atomic E-state index is 0.0889. The van der Waals surface area contributed by atoms with Crippen LogP contribution in [0.5, 0.6) is 23.0 Å². The Balaban J connectivity index is 1.18. The summed E-state index contributed by atoms with van der Waals surface area (Å²) in [6.45, 7) is 6.64. The molecule has 8 aromatic carbocycles. The van der Waals surface area contributed by atoms with E-state index in [1.165, 1.54) is 16.5 Å². The van der Waals surface area contributed by atoms with Gasteiger partial charge in [-0.1, -0.05) is 124 Å². The molecule has 0 unspecified atom stereocenters. The van der Waals surface area contributed by atoms with Crippen molar-refractivity contribution in [3.8, 4) is 39.8 Å². The second-order valence-corrected chi connectivity index (χ2v) is 16.2.